The van der Waals surface area contributed by atoms with Crippen molar-refractivity contribution < 1.29 is 0 Å². The van der Waals surface area contributed by atoms with Crippen LogP contribution in [0.3, 0.4) is 0 Å². The molecule has 0 radical (unpaired) electrons. The van der Waals surface area contributed by atoms with Crippen LogP contribution in [-0.2, 0) is 0 Å². The third-order valence-corrected chi connectivity index (χ3v) is 2.08. The summed E-state index contributed by atoms with van der Waals surface area (Å²) in [6.07, 6.45) is 0. The molecule has 3 heteroatoms. The number of anilines is 1. The van der Waals surface area contributed by atoms with Crippen LogP contribution in [0, 0.1) is 6.92 Å². The SMILES string of the molecule is Cc1cscc1NS. The minimum atomic E-state index is 1.11. The fourth-order valence-corrected chi connectivity index (χ4v) is 1.58. The van der Waals surface area contributed by atoms with Crippen molar-refractivity contribution >= 4 is 29.8 Å². The molecule has 0 saturated heterocycles. The summed E-state index contributed by atoms with van der Waals surface area (Å²) in [6.45, 7) is 2.05. The van der Waals surface area contributed by atoms with Gasteiger partial charge in [-0.3, -0.25) is 0 Å². The lowest BCUT2D eigenvalue weighted by atomic mass is 10.3. The predicted molar refractivity (Wildman–Crippen MR) is 41.7 cm³/mol. The Labute approximate surface area is 58.3 Å². The monoisotopic (exact) mass is 145 g/mol. The molecule has 44 valence electrons. The normalized spacial score (nSPS) is 9.25. The third kappa shape index (κ3) is 0.980. The second-order valence-corrected chi connectivity index (χ2v) is 2.55. The van der Waals surface area contributed by atoms with Crippen LogP contribution in [0.2, 0.25) is 0 Å². The maximum absolute atomic E-state index is 3.90. The zero-order chi connectivity index (χ0) is 5.98. The van der Waals surface area contributed by atoms with E-state index in [0.717, 1.165) is 5.69 Å². The van der Waals surface area contributed by atoms with Crippen LogP contribution in [0.15, 0.2) is 10.8 Å². The van der Waals surface area contributed by atoms with Crippen LogP contribution in [0.1, 0.15) is 5.56 Å². The van der Waals surface area contributed by atoms with Gasteiger partial charge < -0.3 is 4.72 Å². The second-order valence-electron chi connectivity index (χ2n) is 1.58. The molecule has 1 rings (SSSR count). The van der Waals surface area contributed by atoms with Gasteiger partial charge in [0, 0.05) is 5.38 Å². The lowest BCUT2D eigenvalue weighted by molar-refractivity contribution is 1.55. The van der Waals surface area contributed by atoms with Crippen molar-refractivity contribution in [2.45, 2.75) is 6.92 Å². The van der Waals surface area contributed by atoms with Crippen molar-refractivity contribution in [1.29, 1.82) is 0 Å². The van der Waals surface area contributed by atoms with Gasteiger partial charge in [-0.25, -0.2) is 0 Å². The lowest BCUT2D eigenvalue weighted by Crippen LogP contribution is -1.76. The van der Waals surface area contributed by atoms with E-state index in [-0.39, 0.29) is 0 Å². The fourth-order valence-electron chi connectivity index (χ4n) is 0.475. The molecule has 0 aliphatic carbocycles. The summed E-state index contributed by atoms with van der Waals surface area (Å²) in [6, 6.07) is 0. The molecule has 0 spiro atoms. The molecule has 0 aliphatic heterocycles. The molecule has 1 N–H and O–H groups in total. The molecule has 0 fully saturated rings. The summed E-state index contributed by atoms with van der Waals surface area (Å²) >= 11 is 5.58. The molecule has 1 aromatic rings. The van der Waals surface area contributed by atoms with Crippen LogP contribution < -0.4 is 4.72 Å². The number of thiophene rings is 1. The largest absolute Gasteiger partial charge is 0.331 e. The minimum absolute atomic E-state index is 1.11. The average Bonchev–Trinajstić information content (AvgIpc) is 2.14. The van der Waals surface area contributed by atoms with E-state index in [1.54, 1.807) is 11.3 Å². The van der Waals surface area contributed by atoms with Gasteiger partial charge in [0.1, 0.15) is 0 Å². The molecule has 1 aromatic heterocycles. The first-order valence-electron chi connectivity index (χ1n) is 2.27. The molecule has 8 heavy (non-hydrogen) atoms. The van der Waals surface area contributed by atoms with Crippen molar-refractivity contribution in [1.82, 2.24) is 0 Å². The van der Waals surface area contributed by atoms with E-state index >= 15 is 0 Å². The van der Waals surface area contributed by atoms with Crippen molar-refractivity contribution in [3.8, 4) is 0 Å². The summed E-state index contributed by atoms with van der Waals surface area (Å²) in [7, 11) is 0. The molecule has 1 heterocycles. The van der Waals surface area contributed by atoms with E-state index in [1.807, 2.05) is 5.38 Å². The number of thiol groups is 1. The van der Waals surface area contributed by atoms with Crippen LogP contribution in [0.4, 0.5) is 5.69 Å². The number of hydrogen-bond acceptors (Lipinski definition) is 3. The van der Waals surface area contributed by atoms with Gasteiger partial charge in [0.05, 0.1) is 5.69 Å². The number of aryl methyl sites for hydroxylation is 1. The molecule has 0 aromatic carbocycles. The zero-order valence-corrected chi connectivity index (χ0v) is 6.22. The van der Waals surface area contributed by atoms with Crippen LogP contribution in [0.25, 0.3) is 0 Å². The van der Waals surface area contributed by atoms with Crippen molar-refractivity contribution in [2.24, 2.45) is 0 Å². The van der Waals surface area contributed by atoms with E-state index in [4.69, 9.17) is 0 Å². The van der Waals surface area contributed by atoms with Gasteiger partial charge in [0.15, 0.2) is 0 Å². The number of hydrogen-bond donors (Lipinski definition) is 2. The van der Waals surface area contributed by atoms with E-state index in [0.29, 0.717) is 0 Å². The predicted octanol–water partition coefficient (Wildman–Crippen LogP) is 2.31. The Morgan fingerprint density at radius 3 is 2.62 bits per heavy atom. The summed E-state index contributed by atoms with van der Waals surface area (Å²) in [5, 5.41) is 4.11. The Morgan fingerprint density at radius 2 is 2.38 bits per heavy atom. The highest BCUT2D eigenvalue weighted by molar-refractivity contribution is 7.81. The molecular formula is C5H7NS2. The van der Waals surface area contributed by atoms with Crippen molar-refractivity contribution in [2.75, 3.05) is 4.72 Å². The van der Waals surface area contributed by atoms with Gasteiger partial charge in [-0.15, -0.1) is 11.3 Å². The summed E-state index contributed by atoms with van der Waals surface area (Å²) in [4.78, 5) is 0. The smallest absolute Gasteiger partial charge is 0.0575 e. The van der Waals surface area contributed by atoms with Gasteiger partial charge in [0.2, 0.25) is 0 Å². The molecule has 1 nitrogen and oxygen atoms in total. The second kappa shape index (κ2) is 2.42. The Bertz CT molecular complexity index is 171. The fraction of sp³-hybridized carbons (Fsp3) is 0.200. The Hall–Kier alpha value is -0.150. The highest BCUT2D eigenvalue weighted by Crippen LogP contribution is 2.19. The first kappa shape index (κ1) is 5.98. The highest BCUT2D eigenvalue weighted by atomic mass is 32.1. The van der Waals surface area contributed by atoms with Crippen molar-refractivity contribution in [3.05, 3.63) is 16.3 Å². The van der Waals surface area contributed by atoms with Crippen LogP contribution in [-0.4, -0.2) is 0 Å². The standard InChI is InChI=1S/C5H7NS2/c1-4-2-8-3-5(4)6-7/h2-3,6-7H,1H3. The summed E-state index contributed by atoms with van der Waals surface area (Å²) in [5.74, 6) is 0. The lowest BCUT2D eigenvalue weighted by Gasteiger charge is -1.91. The quantitative estimate of drug-likeness (QED) is 0.578. The molecular weight excluding hydrogens is 138 g/mol. The van der Waals surface area contributed by atoms with Gasteiger partial charge in [-0.05, 0) is 17.9 Å². The van der Waals surface area contributed by atoms with Gasteiger partial charge in [-0.2, -0.15) is 0 Å². The minimum Gasteiger partial charge on any atom is -0.331 e. The summed E-state index contributed by atoms with van der Waals surface area (Å²) in [5.41, 5.74) is 2.36. The molecule has 0 unspecified atom stereocenters. The van der Waals surface area contributed by atoms with Gasteiger partial charge in [0.25, 0.3) is 0 Å². The van der Waals surface area contributed by atoms with Crippen LogP contribution >= 0.6 is 24.2 Å². The first-order chi connectivity index (χ1) is 3.84. The van der Waals surface area contributed by atoms with E-state index in [9.17, 15) is 0 Å². The highest BCUT2D eigenvalue weighted by Gasteiger charge is 1.92. The molecule has 0 amide bonds. The Kier molecular flexibility index (Phi) is 1.81. The summed E-state index contributed by atoms with van der Waals surface area (Å²) < 4.78 is 2.78. The topological polar surface area (TPSA) is 12.0 Å². The Balaban J connectivity index is 2.92. The maximum Gasteiger partial charge on any atom is 0.0575 e. The molecule has 0 aliphatic rings. The van der Waals surface area contributed by atoms with Crippen LogP contribution in [0.5, 0.6) is 0 Å². The number of rotatable bonds is 1. The first-order valence-corrected chi connectivity index (χ1v) is 3.66. The molecule has 0 saturated carbocycles. The zero-order valence-electron chi connectivity index (χ0n) is 4.51. The van der Waals surface area contributed by atoms with E-state index < -0.39 is 0 Å². The van der Waals surface area contributed by atoms with Crippen molar-refractivity contribution in [3.63, 3.8) is 0 Å². The van der Waals surface area contributed by atoms with Gasteiger partial charge >= 0.3 is 0 Å². The third-order valence-electron chi connectivity index (χ3n) is 0.976. The Morgan fingerprint density at radius 1 is 1.62 bits per heavy atom. The average molecular weight is 145 g/mol. The number of nitrogens with one attached hydrogen (secondary N) is 1. The molecule has 0 atom stereocenters. The van der Waals surface area contributed by atoms with E-state index in [1.165, 1.54) is 5.56 Å². The maximum atomic E-state index is 3.90. The molecule has 0 bridgehead atoms. The van der Waals surface area contributed by atoms with E-state index in [2.05, 4.69) is 29.8 Å². The van der Waals surface area contributed by atoms with Gasteiger partial charge in [-0.1, -0.05) is 12.8 Å².